The molecule has 0 amide bonds. The molecular weight excluding hydrogens is 553 g/mol. The minimum absolute atomic E-state index is 0.227. The number of anilines is 2. The Labute approximate surface area is 246 Å². The highest BCUT2D eigenvalue weighted by atomic mass is 19.4. The third-order valence-corrected chi connectivity index (χ3v) is 6.23. The average molecular weight is 581 g/mol. The zero-order chi connectivity index (χ0) is 30.2. The highest BCUT2D eigenvalue weighted by Gasteiger charge is 2.34. The molecule has 6 aromatic carbocycles. The first-order valence-corrected chi connectivity index (χ1v) is 13.2. The van der Waals surface area contributed by atoms with E-state index in [1.807, 2.05) is 78.9 Å². The summed E-state index contributed by atoms with van der Waals surface area (Å²) in [5, 5.41) is 2.20. The molecule has 0 heterocycles. The van der Waals surface area contributed by atoms with Crippen molar-refractivity contribution in [1.29, 1.82) is 0 Å². The van der Waals surface area contributed by atoms with Crippen molar-refractivity contribution in [1.82, 2.24) is 0 Å². The first-order valence-electron chi connectivity index (χ1n) is 13.2. The second-order valence-corrected chi connectivity index (χ2v) is 9.36. The Morgan fingerprint density at radius 1 is 0.419 bits per heavy atom. The van der Waals surface area contributed by atoms with Crippen LogP contribution in [0, 0.1) is 0 Å². The number of fused-ring (bicyclic) bond motifs is 1. The van der Waals surface area contributed by atoms with Gasteiger partial charge >= 0.3 is 6.18 Å². The van der Waals surface area contributed by atoms with E-state index in [4.69, 9.17) is 25.7 Å². The number of alkyl halides is 3. The van der Waals surface area contributed by atoms with Gasteiger partial charge in [-0.3, -0.25) is 0 Å². The van der Waals surface area contributed by atoms with Crippen molar-refractivity contribution in [2.45, 2.75) is 6.18 Å². The van der Waals surface area contributed by atoms with Crippen LogP contribution >= 0.6 is 0 Å². The average Bonchev–Trinajstić information content (AvgIpc) is 3.01. The lowest BCUT2D eigenvalue weighted by atomic mass is 10.1. The van der Waals surface area contributed by atoms with Crippen LogP contribution in [0.1, 0.15) is 5.56 Å². The molecule has 4 N–H and O–H groups in total. The summed E-state index contributed by atoms with van der Waals surface area (Å²) in [6.07, 6.45) is -4.44. The van der Waals surface area contributed by atoms with Crippen LogP contribution < -0.4 is 25.7 Å². The van der Waals surface area contributed by atoms with Crippen molar-refractivity contribution in [2.75, 3.05) is 11.5 Å². The van der Waals surface area contributed by atoms with Gasteiger partial charge in [-0.1, -0.05) is 60.7 Å². The van der Waals surface area contributed by atoms with Crippen LogP contribution in [0.3, 0.4) is 0 Å². The van der Waals surface area contributed by atoms with Gasteiger partial charge in [0, 0.05) is 16.8 Å². The van der Waals surface area contributed by atoms with Crippen molar-refractivity contribution in [3.05, 3.63) is 145 Å². The van der Waals surface area contributed by atoms with Crippen molar-refractivity contribution in [3.8, 4) is 34.5 Å². The third kappa shape index (κ3) is 7.56. The first kappa shape index (κ1) is 28.9. The number of benzene rings is 6. The van der Waals surface area contributed by atoms with Crippen molar-refractivity contribution in [2.24, 2.45) is 0 Å². The van der Waals surface area contributed by atoms with E-state index >= 15 is 0 Å². The van der Waals surface area contributed by atoms with E-state index in [0.717, 1.165) is 22.6 Å². The van der Waals surface area contributed by atoms with E-state index in [-0.39, 0.29) is 5.75 Å². The minimum atomic E-state index is -4.44. The molecule has 0 bridgehead atoms. The fraction of sp³-hybridized carbons (Fsp3) is 0.0286. The molecule has 216 valence electrons. The number of nitrogens with two attached hydrogens (primary N) is 2. The molecule has 6 aromatic rings. The summed E-state index contributed by atoms with van der Waals surface area (Å²) in [6, 6.07) is 40.3. The predicted molar refractivity (Wildman–Crippen MR) is 164 cm³/mol. The predicted octanol–water partition coefficient (Wildman–Crippen LogP) is 10.1. The second-order valence-electron chi connectivity index (χ2n) is 9.36. The van der Waals surface area contributed by atoms with E-state index < -0.39 is 11.7 Å². The topological polar surface area (TPSA) is 79.7 Å². The van der Waals surface area contributed by atoms with Crippen LogP contribution in [0.4, 0.5) is 24.5 Å². The van der Waals surface area contributed by atoms with Crippen LogP contribution in [-0.4, -0.2) is 0 Å². The maximum absolute atomic E-state index is 12.7. The molecule has 0 aromatic heterocycles. The van der Waals surface area contributed by atoms with Gasteiger partial charge in [0.25, 0.3) is 0 Å². The van der Waals surface area contributed by atoms with E-state index in [1.54, 1.807) is 12.1 Å². The zero-order valence-electron chi connectivity index (χ0n) is 22.8. The number of rotatable bonds is 6. The summed E-state index contributed by atoms with van der Waals surface area (Å²) in [5.41, 5.74) is 11.6. The van der Waals surface area contributed by atoms with Gasteiger partial charge in [0.1, 0.15) is 23.0 Å². The van der Waals surface area contributed by atoms with Crippen LogP contribution in [0.2, 0.25) is 0 Å². The fourth-order valence-corrected chi connectivity index (χ4v) is 4.14. The molecule has 0 aliphatic carbocycles. The van der Waals surface area contributed by atoms with Gasteiger partial charge in [0.05, 0.1) is 5.56 Å². The first-order chi connectivity index (χ1) is 20.8. The smallest absolute Gasteiger partial charge is 0.419 e. The van der Waals surface area contributed by atoms with E-state index in [0.29, 0.717) is 34.4 Å². The van der Waals surface area contributed by atoms with Gasteiger partial charge in [-0.2, -0.15) is 13.2 Å². The van der Waals surface area contributed by atoms with E-state index in [2.05, 4.69) is 12.1 Å². The summed E-state index contributed by atoms with van der Waals surface area (Å²) in [6.45, 7) is 0. The lowest BCUT2D eigenvalue weighted by Gasteiger charge is -2.13. The third-order valence-electron chi connectivity index (χ3n) is 6.23. The molecule has 0 aliphatic heterocycles. The maximum Gasteiger partial charge on any atom is 0.419 e. The standard InChI is InChI=1S/C22H17NO2.C13H10F3NO/c23-17-12-14-18(15-13-17)24-21-9-3-4-10-22(21)25-20-11-5-7-16-6-1-2-8-19(16)20;14-13(15,16)11-3-1-2-4-12(11)18-10-7-5-9(17)6-8-10/h1-15H,23H2;1-8H,17H2. The summed E-state index contributed by atoms with van der Waals surface area (Å²) >= 11 is 0. The molecule has 8 heteroatoms. The monoisotopic (exact) mass is 580 g/mol. The van der Waals surface area contributed by atoms with Crippen molar-refractivity contribution in [3.63, 3.8) is 0 Å². The normalized spacial score (nSPS) is 10.9. The molecule has 43 heavy (non-hydrogen) atoms. The molecule has 5 nitrogen and oxygen atoms in total. The minimum Gasteiger partial charge on any atom is -0.457 e. The largest absolute Gasteiger partial charge is 0.457 e. The Bertz CT molecular complexity index is 1800. The Hall–Kier alpha value is -5.63. The van der Waals surface area contributed by atoms with Crippen LogP contribution in [0.15, 0.2) is 140 Å². The van der Waals surface area contributed by atoms with E-state index in [1.165, 1.54) is 30.3 Å². The van der Waals surface area contributed by atoms with Crippen molar-refractivity contribution >= 4 is 22.1 Å². The molecule has 0 radical (unpaired) electrons. The number of ether oxygens (including phenoxy) is 3. The summed E-state index contributed by atoms with van der Waals surface area (Å²) < 4.78 is 55.5. The number of hydrogen-bond donors (Lipinski definition) is 2. The molecule has 0 saturated carbocycles. The van der Waals surface area contributed by atoms with Gasteiger partial charge in [-0.15, -0.1) is 0 Å². The molecule has 0 fully saturated rings. The fourth-order valence-electron chi connectivity index (χ4n) is 4.14. The quantitative estimate of drug-likeness (QED) is 0.192. The number of hydrogen-bond acceptors (Lipinski definition) is 5. The van der Waals surface area contributed by atoms with E-state index in [9.17, 15) is 13.2 Å². The molecule has 0 saturated heterocycles. The van der Waals surface area contributed by atoms with Gasteiger partial charge in [0.2, 0.25) is 0 Å². The van der Waals surface area contributed by atoms with Crippen LogP contribution in [-0.2, 0) is 6.18 Å². The molecule has 0 aliphatic rings. The highest BCUT2D eigenvalue weighted by Crippen LogP contribution is 2.39. The molecule has 0 atom stereocenters. The molecular formula is C35H27F3N2O3. The lowest BCUT2D eigenvalue weighted by Crippen LogP contribution is -2.06. The second kappa shape index (κ2) is 12.9. The SMILES string of the molecule is Nc1ccc(Oc2ccccc2C(F)(F)F)cc1.Nc1ccc(Oc2ccccc2Oc2cccc3ccccc23)cc1. The van der Waals surface area contributed by atoms with Gasteiger partial charge in [-0.05, 0) is 84.2 Å². The van der Waals surface area contributed by atoms with Crippen LogP contribution in [0.5, 0.6) is 34.5 Å². The van der Waals surface area contributed by atoms with Gasteiger partial charge in [0.15, 0.2) is 11.5 Å². The Balaban J connectivity index is 0.000000181. The van der Waals surface area contributed by atoms with Crippen LogP contribution in [0.25, 0.3) is 10.8 Å². The van der Waals surface area contributed by atoms with Gasteiger partial charge in [-0.25, -0.2) is 0 Å². The highest BCUT2D eigenvalue weighted by molar-refractivity contribution is 5.88. The maximum atomic E-state index is 12.7. The molecule has 6 rings (SSSR count). The number of nitrogen functional groups attached to an aromatic ring is 2. The molecule has 0 spiro atoms. The Morgan fingerprint density at radius 2 is 0.860 bits per heavy atom. The zero-order valence-corrected chi connectivity index (χ0v) is 22.8. The Morgan fingerprint density at radius 3 is 1.47 bits per heavy atom. The summed E-state index contributed by atoms with van der Waals surface area (Å²) in [4.78, 5) is 0. The Kier molecular flexibility index (Phi) is 8.67. The number of para-hydroxylation sites is 3. The lowest BCUT2D eigenvalue weighted by molar-refractivity contribution is -0.138. The summed E-state index contributed by atoms with van der Waals surface area (Å²) in [7, 11) is 0. The van der Waals surface area contributed by atoms with Crippen molar-refractivity contribution < 1.29 is 27.4 Å². The summed E-state index contributed by atoms with van der Waals surface area (Å²) in [5.74, 6) is 2.90. The van der Waals surface area contributed by atoms with Gasteiger partial charge < -0.3 is 25.7 Å². The molecule has 0 unspecified atom stereocenters. The number of halogens is 3.